The number of aliphatic hydroxyl groups excluding tert-OH is 4. The normalized spacial score (nSPS) is 20.5. The van der Waals surface area contributed by atoms with Crippen LogP contribution in [-0.2, 0) is 57.0 Å². The molecule has 0 aliphatic carbocycles. The van der Waals surface area contributed by atoms with Crippen molar-refractivity contribution < 1.29 is 97.2 Å². The van der Waals surface area contributed by atoms with E-state index in [0.29, 0.717) is 85.3 Å². The molecule has 2 aliphatic rings. The van der Waals surface area contributed by atoms with Gasteiger partial charge in [0.05, 0.1) is 90.8 Å². The zero-order valence-electron chi connectivity index (χ0n) is 45.4. The molecule has 30 heteroatoms. The van der Waals surface area contributed by atoms with Crippen LogP contribution in [0.25, 0.3) is 0 Å². The summed E-state index contributed by atoms with van der Waals surface area (Å²) >= 11 is 0. The van der Waals surface area contributed by atoms with E-state index in [9.17, 15) is 54.6 Å². The number of amides is 3. The zero-order chi connectivity index (χ0) is 58.2. The second-order valence-corrected chi connectivity index (χ2v) is 18.4. The van der Waals surface area contributed by atoms with Crippen molar-refractivity contribution in [2.24, 2.45) is 38.8 Å². The lowest BCUT2D eigenvalue weighted by Crippen LogP contribution is -2.61. The summed E-state index contributed by atoms with van der Waals surface area (Å²) in [6, 6.07) is -3.34. The van der Waals surface area contributed by atoms with Gasteiger partial charge in [-0.3, -0.25) is 9.69 Å². The van der Waals surface area contributed by atoms with Crippen LogP contribution in [0.5, 0.6) is 0 Å². The molecule has 0 radical (unpaired) electrons. The quantitative estimate of drug-likeness (QED) is 0.0166. The average molecular weight is 1120 g/mol. The van der Waals surface area contributed by atoms with Gasteiger partial charge >= 0.3 is 24.1 Å². The maximum Gasteiger partial charge on any atom is 0.410 e. The number of carboxylic acid groups (broad SMARTS) is 2. The summed E-state index contributed by atoms with van der Waals surface area (Å²) in [5, 5.41) is 63.1. The molecule has 10 atom stereocenters. The predicted molar refractivity (Wildman–Crippen MR) is 278 cm³/mol. The van der Waals surface area contributed by atoms with Crippen LogP contribution in [0, 0.1) is 5.92 Å². The molecule has 0 aromatic carbocycles. The number of carboxylic acids is 2. The van der Waals surface area contributed by atoms with Gasteiger partial charge in [0, 0.05) is 59.7 Å². The van der Waals surface area contributed by atoms with Crippen LogP contribution in [0.3, 0.4) is 0 Å². The SMILES string of the molecule is CCCOCCOCCOCCOCCN(CCCCCCN(C)C(=O)OC([C@H](O)CO)[C@@H]1OC(C(=O)O)=C[C@H](N=C(N)N)[C@H]1NC(C)=O)CCOCCN(C)C(=O)O[C@@H]([C@@H]1OC(C(=O)O)=C[C@H](N=C(N)N)[C@H]1C)[C@H](O)CO. The van der Waals surface area contributed by atoms with Crippen LogP contribution in [0.1, 0.15) is 52.9 Å². The number of aliphatic imine (C=N–C) groups is 2. The number of nitrogens with one attached hydrogen (secondary N) is 1. The van der Waals surface area contributed by atoms with Crippen LogP contribution in [0.15, 0.2) is 33.7 Å². The van der Waals surface area contributed by atoms with Gasteiger partial charge in [-0.2, -0.15) is 0 Å². The summed E-state index contributed by atoms with van der Waals surface area (Å²) in [6.45, 7) is 9.05. The molecule has 0 spiro atoms. The number of aliphatic hydroxyl groups is 4. The fourth-order valence-electron chi connectivity index (χ4n) is 7.91. The molecular formula is C48H86N10O20. The van der Waals surface area contributed by atoms with Crippen molar-refractivity contribution >= 4 is 42.0 Å². The number of carbonyl (C=O) groups excluding carboxylic acids is 3. The van der Waals surface area contributed by atoms with Gasteiger partial charge in [0.25, 0.3) is 0 Å². The van der Waals surface area contributed by atoms with Gasteiger partial charge in [0.1, 0.15) is 18.3 Å². The summed E-state index contributed by atoms with van der Waals surface area (Å²) in [7, 11) is 2.90. The molecular weight excluding hydrogens is 1040 g/mol. The lowest BCUT2D eigenvalue weighted by Gasteiger charge is -2.40. The Bertz CT molecular complexity index is 1930. The molecule has 0 saturated carbocycles. The number of unbranched alkanes of at least 4 members (excludes halogenated alkanes) is 3. The van der Waals surface area contributed by atoms with Crippen molar-refractivity contribution in [2.75, 3.05) is 126 Å². The third kappa shape index (κ3) is 25.8. The highest BCUT2D eigenvalue weighted by Gasteiger charge is 2.47. The molecule has 0 aromatic rings. The molecule has 15 N–H and O–H groups in total. The summed E-state index contributed by atoms with van der Waals surface area (Å²) in [5.41, 5.74) is 22.2. The minimum atomic E-state index is -1.77. The minimum absolute atomic E-state index is 0.0546. The summed E-state index contributed by atoms with van der Waals surface area (Å²) in [5.74, 6) is -6.21. The Morgan fingerprint density at radius 2 is 1.03 bits per heavy atom. The number of ether oxygens (including phenoxy) is 9. The Balaban J connectivity index is 1.99. The monoisotopic (exact) mass is 1120 g/mol. The zero-order valence-corrected chi connectivity index (χ0v) is 45.4. The molecule has 1 unspecified atom stereocenters. The Morgan fingerprint density at radius 3 is 1.50 bits per heavy atom. The number of carbonyl (C=O) groups is 5. The van der Waals surface area contributed by atoms with Crippen molar-refractivity contribution in [3.05, 3.63) is 23.7 Å². The van der Waals surface area contributed by atoms with Crippen LogP contribution in [-0.4, -0.2) is 268 Å². The Kier molecular flexibility index (Phi) is 33.2. The first-order chi connectivity index (χ1) is 37.1. The smallest absolute Gasteiger partial charge is 0.410 e. The van der Waals surface area contributed by atoms with Crippen molar-refractivity contribution in [3.8, 4) is 0 Å². The second-order valence-electron chi connectivity index (χ2n) is 18.4. The van der Waals surface area contributed by atoms with Gasteiger partial charge in [-0.05, 0) is 38.0 Å². The number of rotatable bonds is 40. The van der Waals surface area contributed by atoms with Crippen molar-refractivity contribution in [3.63, 3.8) is 0 Å². The molecule has 0 bridgehead atoms. The molecule has 2 rings (SSSR count). The average Bonchev–Trinajstić information content (AvgIpc) is 3.41. The number of likely N-dealkylation sites (N-methyl/N-ethyl adjacent to an activating group) is 1. The maximum absolute atomic E-state index is 13.4. The molecule has 30 nitrogen and oxygen atoms in total. The van der Waals surface area contributed by atoms with Gasteiger partial charge in [0.15, 0.2) is 30.2 Å². The third-order valence-corrected chi connectivity index (χ3v) is 12.1. The molecule has 2 heterocycles. The Labute approximate surface area is 454 Å². The molecule has 3 amide bonds. The second kappa shape index (κ2) is 37.9. The third-order valence-electron chi connectivity index (χ3n) is 12.1. The van der Waals surface area contributed by atoms with Gasteiger partial charge in [-0.25, -0.2) is 29.2 Å². The van der Waals surface area contributed by atoms with E-state index in [2.05, 4.69) is 20.2 Å². The largest absolute Gasteiger partial charge is 0.479 e. The highest BCUT2D eigenvalue weighted by Crippen LogP contribution is 2.31. The minimum Gasteiger partial charge on any atom is -0.479 e. The van der Waals surface area contributed by atoms with E-state index in [1.807, 2.05) is 6.92 Å². The van der Waals surface area contributed by atoms with Gasteiger partial charge in [-0.15, -0.1) is 0 Å². The Hall–Kier alpha value is -5.83. The summed E-state index contributed by atoms with van der Waals surface area (Å²) in [6.07, 6.45) is -5.36. The van der Waals surface area contributed by atoms with E-state index in [1.165, 1.54) is 36.9 Å². The number of guanidine groups is 2. The highest BCUT2D eigenvalue weighted by molar-refractivity contribution is 5.86. The first-order valence-electron chi connectivity index (χ1n) is 25.9. The van der Waals surface area contributed by atoms with E-state index in [1.54, 1.807) is 6.92 Å². The highest BCUT2D eigenvalue weighted by atomic mass is 16.6. The van der Waals surface area contributed by atoms with Crippen molar-refractivity contribution in [2.45, 2.75) is 108 Å². The van der Waals surface area contributed by atoms with Gasteiger partial charge in [-0.1, -0.05) is 26.7 Å². The van der Waals surface area contributed by atoms with Gasteiger partial charge < -0.3 is 111 Å². The maximum atomic E-state index is 13.4. The van der Waals surface area contributed by atoms with E-state index >= 15 is 0 Å². The fraction of sp³-hybridized carbons (Fsp3) is 0.771. The fourth-order valence-corrected chi connectivity index (χ4v) is 7.91. The number of hydrogen-bond acceptors (Lipinski definition) is 21. The van der Waals surface area contributed by atoms with E-state index in [0.717, 1.165) is 25.3 Å². The Morgan fingerprint density at radius 1 is 0.615 bits per heavy atom. The van der Waals surface area contributed by atoms with E-state index in [-0.39, 0.29) is 32.3 Å². The summed E-state index contributed by atoms with van der Waals surface area (Å²) in [4.78, 5) is 75.3. The number of nitrogens with zero attached hydrogens (tertiary/aromatic N) is 5. The molecule has 78 heavy (non-hydrogen) atoms. The van der Waals surface area contributed by atoms with Crippen LogP contribution < -0.4 is 28.3 Å². The van der Waals surface area contributed by atoms with Crippen LogP contribution >= 0.6 is 0 Å². The van der Waals surface area contributed by atoms with Crippen molar-refractivity contribution in [1.29, 1.82) is 0 Å². The topological polar surface area (TPSA) is 440 Å². The van der Waals surface area contributed by atoms with E-state index < -0.39 is 121 Å². The number of aliphatic carboxylic acids is 2. The molecule has 0 fully saturated rings. The van der Waals surface area contributed by atoms with Gasteiger partial charge in [0.2, 0.25) is 17.4 Å². The first-order valence-corrected chi connectivity index (χ1v) is 25.9. The molecule has 448 valence electrons. The first kappa shape index (κ1) is 68.3. The predicted octanol–water partition coefficient (Wildman–Crippen LogP) is -2.92. The number of nitrogens with two attached hydrogens (primary N) is 4. The van der Waals surface area contributed by atoms with Crippen LogP contribution in [0.4, 0.5) is 9.59 Å². The lowest BCUT2D eigenvalue weighted by molar-refractivity contribution is -0.148. The lowest BCUT2D eigenvalue weighted by atomic mass is 9.87. The van der Waals surface area contributed by atoms with E-state index in [4.69, 9.17) is 65.6 Å². The van der Waals surface area contributed by atoms with Crippen LogP contribution in [0.2, 0.25) is 0 Å². The molecule has 0 saturated heterocycles. The standard InChI is InChI=1S/C48H86N10O20/c1-6-16-70-20-22-73-24-25-74-23-21-72-19-15-58(14-18-71-17-13-57(5)48(69)77-40(34(62)28-59)39-30(2)32(54-45(49)50)26-36(75-39)43(64)65)12-10-8-7-9-11-56(4)47(68)78-41(35(63)29-60)42-38(53-31(3)61)33(55-46(51)52)27-37(76-42)44(66)67/h26-27,30,32-35,38-42,59-60,62-63H,6-25,28-29H2,1-5H3,(H,53,61)(H,64,65)(H,66,67)(H4,49,50,54)(H4,51,52,55)/t30-,32+,33+,34-,35-,38-,39-,40-,41?,42-/m1/s1. The number of hydrogen-bond donors (Lipinski definition) is 11. The van der Waals surface area contributed by atoms with Crippen molar-refractivity contribution in [1.82, 2.24) is 20.0 Å². The summed E-state index contributed by atoms with van der Waals surface area (Å²) < 4.78 is 50.6. The molecule has 2 aliphatic heterocycles. The molecule has 0 aromatic heterocycles.